The highest BCUT2D eigenvalue weighted by molar-refractivity contribution is 7.45. The first-order valence-corrected chi connectivity index (χ1v) is 25.9. The molecule has 63 heavy (non-hydrogen) atoms. The Morgan fingerprint density at radius 1 is 0.762 bits per heavy atom. The van der Waals surface area contributed by atoms with Gasteiger partial charge in [0.05, 0.1) is 32.8 Å². The first kappa shape index (κ1) is 56.8. The Labute approximate surface area is 378 Å². The van der Waals surface area contributed by atoms with Gasteiger partial charge in [0.15, 0.2) is 0 Å². The third kappa shape index (κ3) is 26.4. The van der Waals surface area contributed by atoms with E-state index in [1.807, 2.05) is 20.2 Å². The van der Waals surface area contributed by atoms with Gasteiger partial charge < -0.3 is 33.6 Å². The Morgan fingerprint density at radius 2 is 1.22 bits per heavy atom. The minimum Gasteiger partial charge on any atom is -0.756 e. The average Bonchev–Trinajstić information content (AvgIpc) is 4.06. The Bertz CT molecular complexity index is 1440. The highest BCUT2D eigenvalue weighted by Crippen LogP contribution is 2.52. The van der Waals surface area contributed by atoms with E-state index in [-0.39, 0.29) is 37.6 Å². The van der Waals surface area contributed by atoms with Crippen molar-refractivity contribution in [2.24, 2.45) is 10.2 Å². The van der Waals surface area contributed by atoms with E-state index in [9.17, 15) is 32.5 Å². The summed E-state index contributed by atoms with van der Waals surface area (Å²) >= 11 is 0. The zero-order valence-electron chi connectivity index (χ0n) is 39.4. The summed E-state index contributed by atoms with van der Waals surface area (Å²) in [5, 5.41) is 20.3. The van der Waals surface area contributed by atoms with Crippen molar-refractivity contribution in [2.45, 2.75) is 205 Å². The largest absolute Gasteiger partial charge is 0.756 e. The molecule has 1 amide bonds. The first-order chi connectivity index (χ1) is 30.1. The number of nitrogens with zero attached hydrogens (tertiary/aromatic N) is 3. The van der Waals surface area contributed by atoms with Crippen molar-refractivity contribution in [1.82, 2.24) is 5.32 Å². The number of phosphoric ester groups is 1. The summed E-state index contributed by atoms with van der Waals surface area (Å²) in [5.41, 5.74) is -2.57. The quantitative estimate of drug-likeness (QED) is 0.0288. The van der Waals surface area contributed by atoms with Crippen LogP contribution < -0.4 is 14.9 Å². The monoisotopic (exact) mass is 917 g/mol. The van der Waals surface area contributed by atoms with Gasteiger partial charge in [0.1, 0.15) is 32.1 Å². The molecule has 0 radical (unpaired) electrons. The van der Waals surface area contributed by atoms with E-state index in [1.165, 1.54) is 140 Å². The molecule has 1 aliphatic rings. The van der Waals surface area contributed by atoms with Crippen LogP contribution in [0.3, 0.4) is 0 Å². The van der Waals surface area contributed by atoms with Crippen molar-refractivity contribution in [2.75, 3.05) is 47.0 Å². The van der Waals surface area contributed by atoms with Gasteiger partial charge in [-0.1, -0.05) is 179 Å². The number of benzene rings is 1. The second kappa shape index (κ2) is 32.3. The fourth-order valence-electron chi connectivity index (χ4n) is 7.46. The Hall–Kier alpha value is -2.35. The molecule has 2 rings (SSSR count). The van der Waals surface area contributed by atoms with E-state index in [0.29, 0.717) is 23.2 Å². The van der Waals surface area contributed by atoms with Crippen LogP contribution in [-0.4, -0.2) is 80.8 Å². The van der Waals surface area contributed by atoms with E-state index in [1.54, 1.807) is 6.08 Å². The molecule has 0 aromatic heterocycles. The summed E-state index contributed by atoms with van der Waals surface area (Å²) in [7, 11) is -1.08. The number of halogens is 3. The highest BCUT2D eigenvalue weighted by atomic mass is 31.2. The van der Waals surface area contributed by atoms with Gasteiger partial charge in [-0.3, -0.25) is 9.36 Å². The van der Waals surface area contributed by atoms with Crippen LogP contribution in [0, 0.1) is 0 Å². The number of ether oxygens (including phenoxy) is 1. The van der Waals surface area contributed by atoms with Gasteiger partial charge in [-0.05, 0) is 31.4 Å². The zero-order chi connectivity index (χ0) is 46.3. The molecule has 0 saturated carbocycles. The van der Waals surface area contributed by atoms with E-state index in [0.717, 1.165) is 38.5 Å². The molecule has 1 aromatic rings. The number of nitrogens with one attached hydrogen (secondary N) is 1. The lowest BCUT2D eigenvalue weighted by Gasteiger charge is -2.31. The van der Waals surface area contributed by atoms with Gasteiger partial charge in [0.2, 0.25) is 5.91 Å². The van der Waals surface area contributed by atoms with Crippen molar-refractivity contribution in [3.8, 4) is 5.75 Å². The molecule has 0 bridgehead atoms. The van der Waals surface area contributed by atoms with Crippen LogP contribution in [0.1, 0.15) is 186 Å². The zero-order valence-corrected chi connectivity index (χ0v) is 40.3. The van der Waals surface area contributed by atoms with E-state index >= 15 is 0 Å². The smallest absolute Gasteiger partial charge is 0.442 e. The number of likely N-dealkylation sites (N-methyl/N-ethyl adjacent to an activating group) is 1. The molecule has 11 nitrogen and oxygen atoms in total. The van der Waals surface area contributed by atoms with Gasteiger partial charge in [0, 0.05) is 12.0 Å². The number of amides is 1. The molecule has 1 heterocycles. The predicted molar refractivity (Wildman–Crippen MR) is 244 cm³/mol. The molecule has 1 aromatic carbocycles. The number of alkyl halides is 3. The number of aliphatic hydroxyl groups excluding tert-OH is 1. The molecule has 2 N–H and O–H groups in total. The Kier molecular flexibility index (Phi) is 29.1. The lowest BCUT2D eigenvalue weighted by atomic mass is 10.0. The number of unbranched alkanes of at least 4 members (excludes halogenated alkanes) is 23. The average molecular weight is 917 g/mol. The molecule has 0 fully saturated rings. The highest BCUT2D eigenvalue weighted by Gasteiger charge is 2.65. The third-order valence-corrected chi connectivity index (χ3v) is 12.8. The number of hydrogen-bond acceptors (Lipinski definition) is 9. The molecular weight excluding hydrogens is 833 g/mol. The van der Waals surface area contributed by atoms with Crippen LogP contribution in [0.5, 0.6) is 5.75 Å². The molecular formula is C48H84F3N4O7P. The second-order valence-corrected chi connectivity index (χ2v) is 19.5. The number of allylic oxidation sites excluding steroid dienone is 1. The predicted octanol–water partition coefficient (Wildman–Crippen LogP) is 12.4. The lowest BCUT2D eigenvalue weighted by molar-refractivity contribution is -0.890. The molecule has 0 aliphatic carbocycles. The Balaban J connectivity index is 1.77. The normalized spacial score (nSPS) is 15.7. The van der Waals surface area contributed by atoms with Gasteiger partial charge in [-0.15, -0.1) is 10.2 Å². The maximum absolute atomic E-state index is 13.3. The maximum atomic E-state index is 13.3. The molecule has 3 atom stereocenters. The molecule has 0 saturated heterocycles. The number of rotatable bonds is 41. The van der Waals surface area contributed by atoms with Crippen molar-refractivity contribution >= 4 is 13.7 Å². The van der Waals surface area contributed by atoms with Crippen LogP contribution in [-0.2, 0) is 24.1 Å². The number of quaternary nitrogens is 1. The summed E-state index contributed by atoms with van der Waals surface area (Å²) in [6.45, 7) is 4.74. The van der Waals surface area contributed by atoms with Crippen molar-refractivity contribution < 1.29 is 50.8 Å². The third-order valence-electron chi connectivity index (χ3n) is 11.8. The molecule has 1 aliphatic heterocycles. The molecule has 0 spiro atoms. The van der Waals surface area contributed by atoms with Crippen molar-refractivity contribution in [1.29, 1.82) is 0 Å². The minimum atomic E-state index is -4.80. The summed E-state index contributed by atoms with van der Waals surface area (Å²) in [6, 6.07) is 4.46. The first-order valence-electron chi connectivity index (χ1n) is 24.4. The van der Waals surface area contributed by atoms with Crippen LogP contribution in [0.15, 0.2) is 46.6 Å². The summed E-state index contributed by atoms with van der Waals surface area (Å²) < 4.78 is 69.2. The van der Waals surface area contributed by atoms with E-state index in [4.69, 9.17) is 13.8 Å². The number of carbonyl (C=O) groups is 1. The van der Waals surface area contributed by atoms with E-state index in [2.05, 4.69) is 29.4 Å². The SMILES string of the molecule is CCCCCCCCCCCCC/C=C/[C@@H](O)[C@H](COP(=O)([O-])OCC[N+](C)(C)CCOc1ccc(C2(C(F)(F)F)N=N2)cc1)NC(=O)CCCCCCCCCCCCCCC. The number of carbonyl (C=O) groups excluding carboxylic acids is 1. The Morgan fingerprint density at radius 3 is 1.70 bits per heavy atom. The standard InChI is InChI=1S/C48H84F3N4O7P/c1-5-7-9-11-13-15-17-19-21-23-25-27-29-31-45(56)44(52-46(57)32-30-28-26-24-22-20-18-16-14-12-10-8-6-2)41-62-63(58,59)61-40-38-55(3,4)37-39-60-43-35-33-42(34-36-43)47(53-54-47)48(49,50)51/h29,31,33-36,44-45,56H,5-28,30,32,37-41H2,1-4H3,(H-,52,57,58,59)/b31-29+/t44-,45+/m0/s1. The van der Waals surface area contributed by atoms with Crippen molar-refractivity contribution in [3.05, 3.63) is 42.0 Å². The van der Waals surface area contributed by atoms with Gasteiger partial charge in [-0.25, -0.2) is 0 Å². The van der Waals surface area contributed by atoms with Gasteiger partial charge >= 0.3 is 11.8 Å². The lowest BCUT2D eigenvalue weighted by Crippen LogP contribution is -2.46. The van der Waals surface area contributed by atoms with E-state index < -0.39 is 38.4 Å². The fourth-order valence-corrected chi connectivity index (χ4v) is 8.18. The van der Waals surface area contributed by atoms with Crippen LogP contribution in [0.2, 0.25) is 0 Å². The van der Waals surface area contributed by atoms with Crippen molar-refractivity contribution in [3.63, 3.8) is 0 Å². The summed E-state index contributed by atoms with van der Waals surface area (Å²) in [6.07, 6.45) is 28.0. The summed E-state index contributed by atoms with van der Waals surface area (Å²) in [5.74, 6) is 0.116. The van der Waals surface area contributed by atoms with Gasteiger partial charge in [0.25, 0.3) is 7.82 Å². The van der Waals surface area contributed by atoms with Crippen LogP contribution in [0.4, 0.5) is 13.2 Å². The van der Waals surface area contributed by atoms with Crippen LogP contribution >= 0.6 is 7.82 Å². The number of phosphoric acid groups is 1. The van der Waals surface area contributed by atoms with Gasteiger partial charge in [-0.2, -0.15) is 13.2 Å². The molecule has 1 unspecified atom stereocenters. The summed E-state index contributed by atoms with van der Waals surface area (Å²) in [4.78, 5) is 25.8. The molecule has 364 valence electrons. The topological polar surface area (TPSA) is 142 Å². The fraction of sp³-hybridized carbons (Fsp3) is 0.812. The second-order valence-electron chi connectivity index (χ2n) is 18.1. The molecule has 15 heteroatoms. The minimum absolute atomic E-state index is 0.0839. The van der Waals surface area contributed by atoms with Crippen LogP contribution in [0.25, 0.3) is 0 Å². The number of aliphatic hydroxyl groups is 1. The maximum Gasteiger partial charge on any atom is 0.442 e. The number of hydrogen-bond donors (Lipinski definition) is 2.